The molecule has 2 aromatic carbocycles. The fourth-order valence-electron chi connectivity index (χ4n) is 3.03. The first-order valence-corrected chi connectivity index (χ1v) is 8.86. The smallest absolute Gasteiger partial charge is 0.280 e. The van der Waals surface area contributed by atoms with Gasteiger partial charge in [-0.15, -0.1) is 0 Å². The highest BCUT2D eigenvalue weighted by molar-refractivity contribution is 6.32. The molecule has 0 N–H and O–H groups in total. The zero-order chi connectivity index (χ0) is 21.3. The van der Waals surface area contributed by atoms with Gasteiger partial charge in [-0.05, 0) is 56.2 Å². The van der Waals surface area contributed by atoms with E-state index in [9.17, 15) is 14.9 Å². The van der Waals surface area contributed by atoms with Gasteiger partial charge in [-0.3, -0.25) is 14.9 Å². The van der Waals surface area contributed by atoms with E-state index < -0.39 is 4.92 Å². The highest BCUT2D eigenvalue weighted by Crippen LogP contribution is 2.36. The Labute approximate surface area is 168 Å². The lowest BCUT2D eigenvalue weighted by Crippen LogP contribution is -2.21. The zero-order valence-corrected chi connectivity index (χ0v) is 16.8. The third kappa shape index (κ3) is 3.69. The fourth-order valence-corrected chi connectivity index (χ4v) is 3.03. The van der Waals surface area contributed by atoms with E-state index in [-0.39, 0.29) is 28.5 Å². The first-order chi connectivity index (χ1) is 13.8. The summed E-state index contributed by atoms with van der Waals surface area (Å²) >= 11 is 0. The topological polar surface area (TPSA) is 94.3 Å². The first kappa shape index (κ1) is 20.1. The van der Waals surface area contributed by atoms with E-state index in [4.69, 9.17) is 9.47 Å². The molecule has 150 valence electrons. The van der Waals surface area contributed by atoms with Crippen molar-refractivity contribution in [3.8, 4) is 11.5 Å². The van der Waals surface area contributed by atoms with Gasteiger partial charge in [-0.1, -0.05) is 6.07 Å². The Morgan fingerprint density at radius 2 is 1.69 bits per heavy atom. The summed E-state index contributed by atoms with van der Waals surface area (Å²) in [5, 5.41) is 17.2. The van der Waals surface area contributed by atoms with Crippen molar-refractivity contribution in [1.29, 1.82) is 0 Å². The van der Waals surface area contributed by atoms with Crippen LogP contribution in [-0.2, 0) is 4.79 Å². The maximum absolute atomic E-state index is 13.0. The quantitative estimate of drug-likeness (QED) is 0.433. The largest absolute Gasteiger partial charge is 0.493 e. The molecule has 0 aromatic heterocycles. The second-order valence-electron chi connectivity index (χ2n) is 6.65. The summed E-state index contributed by atoms with van der Waals surface area (Å²) < 4.78 is 10.4. The lowest BCUT2D eigenvalue weighted by molar-refractivity contribution is -0.385. The minimum Gasteiger partial charge on any atom is -0.493 e. The van der Waals surface area contributed by atoms with Crippen molar-refractivity contribution < 1.29 is 19.2 Å². The maximum atomic E-state index is 13.0. The number of aryl methyl sites for hydroxylation is 2. The summed E-state index contributed by atoms with van der Waals surface area (Å²) in [4.78, 5) is 24.0. The van der Waals surface area contributed by atoms with Crippen LogP contribution in [0.15, 0.2) is 41.0 Å². The average Bonchev–Trinajstić information content (AvgIpc) is 2.97. The van der Waals surface area contributed by atoms with Crippen LogP contribution in [0.25, 0.3) is 6.08 Å². The van der Waals surface area contributed by atoms with E-state index in [1.165, 1.54) is 37.4 Å². The molecule has 1 amide bonds. The lowest BCUT2D eigenvalue weighted by atomic mass is 10.0. The molecule has 1 heterocycles. The summed E-state index contributed by atoms with van der Waals surface area (Å²) in [5.41, 5.74) is 3.57. The second-order valence-corrected chi connectivity index (χ2v) is 6.65. The summed E-state index contributed by atoms with van der Waals surface area (Å²) in [5.74, 6) is 0.215. The average molecular weight is 395 g/mol. The number of hydrazone groups is 1. The van der Waals surface area contributed by atoms with Crippen molar-refractivity contribution in [2.24, 2.45) is 5.10 Å². The number of carbonyl (C=O) groups excluding carboxylic acids is 1. The van der Waals surface area contributed by atoms with Gasteiger partial charge in [0.05, 0.1) is 47.7 Å². The number of hydrogen-bond acceptors (Lipinski definition) is 6. The molecule has 8 nitrogen and oxygen atoms in total. The van der Waals surface area contributed by atoms with E-state index in [0.717, 1.165) is 11.1 Å². The van der Waals surface area contributed by atoms with Crippen LogP contribution in [0.4, 0.5) is 11.4 Å². The van der Waals surface area contributed by atoms with Crippen molar-refractivity contribution in [2.75, 3.05) is 19.2 Å². The number of amides is 1. The first-order valence-electron chi connectivity index (χ1n) is 8.86. The minimum absolute atomic E-state index is 0.194. The van der Waals surface area contributed by atoms with Crippen molar-refractivity contribution in [2.45, 2.75) is 20.8 Å². The Balaban J connectivity index is 2.07. The summed E-state index contributed by atoms with van der Waals surface area (Å²) in [6, 6.07) is 8.37. The number of rotatable bonds is 5. The van der Waals surface area contributed by atoms with Crippen LogP contribution in [0.1, 0.15) is 23.6 Å². The number of nitro benzene ring substituents is 1. The van der Waals surface area contributed by atoms with Crippen molar-refractivity contribution in [1.82, 2.24) is 0 Å². The molecule has 0 atom stereocenters. The Bertz CT molecular complexity index is 1070. The van der Waals surface area contributed by atoms with Crippen LogP contribution >= 0.6 is 0 Å². The SMILES string of the molecule is COc1cc(/C=C2/C(=O)N(c3ccc(C)c(C)c3)N=C2C)c([N+](=O)[O-])cc1OC. The van der Waals surface area contributed by atoms with Gasteiger partial charge in [0.25, 0.3) is 11.6 Å². The molecule has 3 rings (SSSR count). The van der Waals surface area contributed by atoms with E-state index in [1.54, 1.807) is 6.92 Å². The van der Waals surface area contributed by atoms with Crippen LogP contribution in [0.3, 0.4) is 0 Å². The third-order valence-corrected chi connectivity index (χ3v) is 4.83. The summed E-state index contributed by atoms with van der Waals surface area (Å²) in [7, 11) is 2.84. The predicted molar refractivity (Wildman–Crippen MR) is 111 cm³/mol. The molecule has 0 bridgehead atoms. The molecule has 0 saturated heterocycles. The minimum atomic E-state index is -0.526. The molecular formula is C21H21N3O5. The van der Waals surface area contributed by atoms with E-state index in [2.05, 4.69) is 5.10 Å². The normalized spacial score (nSPS) is 14.9. The molecule has 0 radical (unpaired) electrons. The van der Waals surface area contributed by atoms with Crippen LogP contribution in [-0.4, -0.2) is 30.8 Å². The number of hydrogen-bond donors (Lipinski definition) is 0. The van der Waals surface area contributed by atoms with Gasteiger partial charge in [0.15, 0.2) is 11.5 Å². The van der Waals surface area contributed by atoms with Gasteiger partial charge >= 0.3 is 0 Å². The van der Waals surface area contributed by atoms with Gasteiger partial charge in [0.1, 0.15) is 0 Å². The van der Waals surface area contributed by atoms with Crippen LogP contribution in [0.5, 0.6) is 11.5 Å². The van der Waals surface area contributed by atoms with Crippen molar-refractivity contribution in [3.63, 3.8) is 0 Å². The van der Waals surface area contributed by atoms with Crippen molar-refractivity contribution in [3.05, 3.63) is 62.7 Å². The molecule has 1 aliphatic rings. The fraction of sp³-hybridized carbons (Fsp3) is 0.238. The maximum Gasteiger partial charge on any atom is 0.280 e. The molecule has 2 aromatic rings. The number of benzene rings is 2. The Hall–Kier alpha value is -3.68. The molecule has 0 spiro atoms. The van der Waals surface area contributed by atoms with E-state index >= 15 is 0 Å². The standard InChI is InChI=1S/C21H21N3O5/c1-12-6-7-16(8-13(12)2)23-21(25)17(14(3)22-23)9-15-10-19(28-4)20(29-5)11-18(15)24(26)27/h6-11H,1-5H3/b17-9+. The number of methoxy groups -OCH3 is 2. The molecule has 0 saturated carbocycles. The molecule has 0 unspecified atom stereocenters. The highest BCUT2D eigenvalue weighted by Gasteiger charge is 2.30. The molecule has 29 heavy (non-hydrogen) atoms. The second kappa shape index (κ2) is 7.75. The third-order valence-electron chi connectivity index (χ3n) is 4.83. The van der Waals surface area contributed by atoms with Gasteiger partial charge in [0.2, 0.25) is 0 Å². The molecule has 0 fully saturated rings. The van der Waals surface area contributed by atoms with Crippen LogP contribution < -0.4 is 14.5 Å². The molecule has 8 heteroatoms. The molecule has 1 aliphatic heterocycles. The number of ether oxygens (including phenoxy) is 2. The number of carbonyl (C=O) groups is 1. The van der Waals surface area contributed by atoms with Gasteiger partial charge in [0, 0.05) is 0 Å². The van der Waals surface area contributed by atoms with Gasteiger partial charge in [-0.25, -0.2) is 0 Å². The number of anilines is 1. The molecule has 0 aliphatic carbocycles. The number of nitrogens with zero attached hydrogens (tertiary/aromatic N) is 3. The monoisotopic (exact) mass is 395 g/mol. The van der Waals surface area contributed by atoms with E-state index in [0.29, 0.717) is 17.1 Å². The summed E-state index contributed by atoms with van der Waals surface area (Å²) in [6.45, 7) is 5.64. The van der Waals surface area contributed by atoms with Crippen LogP contribution in [0.2, 0.25) is 0 Å². The predicted octanol–water partition coefficient (Wildman–Crippen LogP) is 4.03. The highest BCUT2D eigenvalue weighted by atomic mass is 16.6. The Morgan fingerprint density at radius 3 is 2.28 bits per heavy atom. The summed E-state index contributed by atoms with van der Waals surface area (Å²) in [6.07, 6.45) is 1.46. The van der Waals surface area contributed by atoms with Crippen LogP contribution in [0, 0.1) is 24.0 Å². The van der Waals surface area contributed by atoms with Crippen molar-refractivity contribution >= 4 is 29.1 Å². The van der Waals surface area contributed by atoms with Gasteiger partial charge < -0.3 is 9.47 Å². The Kier molecular flexibility index (Phi) is 5.36. The lowest BCUT2D eigenvalue weighted by Gasteiger charge is -2.13. The zero-order valence-electron chi connectivity index (χ0n) is 16.8. The van der Waals surface area contributed by atoms with E-state index in [1.807, 2.05) is 32.0 Å². The Morgan fingerprint density at radius 1 is 1.03 bits per heavy atom. The van der Waals surface area contributed by atoms with Gasteiger partial charge in [-0.2, -0.15) is 10.1 Å². The number of nitro groups is 1. The molecular weight excluding hydrogens is 374 g/mol.